The number of rotatable bonds is 9. The number of hydrogen-bond acceptors (Lipinski definition) is 6. The summed E-state index contributed by atoms with van der Waals surface area (Å²) in [5, 5.41) is 5.53. The van der Waals surface area contributed by atoms with Crippen molar-refractivity contribution < 1.29 is 27.5 Å². The predicted octanol–water partition coefficient (Wildman–Crippen LogP) is 2.49. The normalized spacial score (nSPS) is 11.0. The Bertz CT molecular complexity index is 1030. The minimum atomic E-state index is -3.74. The van der Waals surface area contributed by atoms with Gasteiger partial charge in [0.25, 0.3) is 15.9 Å². The maximum absolute atomic E-state index is 12.2. The van der Waals surface area contributed by atoms with Crippen LogP contribution in [0.4, 0.5) is 10.5 Å². The number of imide groups is 1. The van der Waals surface area contributed by atoms with E-state index in [1.807, 2.05) is 18.3 Å². The molecule has 2 rings (SSSR count). The van der Waals surface area contributed by atoms with Crippen LogP contribution in [0.15, 0.2) is 60.0 Å². The minimum absolute atomic E-state index is 0.117. The molecule has 31 heavy (non-hydrogen) atoms. The molecule has 3 amide bonds. The van der Waals surface area contributed by atoms with Crippen molar-refractivity contribution in [1.29, 1.82) is 0 Å². The van der Waals surface area contributed by atoms with E-state index >= 15 is 0 Å². The molecule has 0 bridgehead atoms. The van der Waals surface area contributed by atoms with Gasteiger partial charge in [0.15, 0.2) is 6.61 Å². The van der Waals surface area contributed by atoms with Crippen LogP contribution in [-0.4, -0.2) is 39.5 Å². The Morgan fingerprint density at radius 2 is 1.68 bits per heavy atom. The van der Waals surface area contributed by atoms with Crippen molar-refractivity contribution in [3.63, 3.8) is 0 Å². The second kappa shape index (κ2) is 11.5. The van der Waals surface area contributed by atoms with Gasteiger partial charge in [0.2, 0.25) is 0 Å². The zero-order valence-electron chi connectivity index (χ0n) is 16.8. The topological polar surface area (TPSA) is 131 Å². The first-order valence-corrected chi connectivity index (χ1v) is 10.9. The molecule has 0 fully saturated rings. The molecule has 10 heteroatoms. The van der Waals surface area contributed by atoms with Crippen LogP contribution in [0.3, 0.4) is 0 Å². The second-order valence-corrected chi connectivity index (χ2v) is 7.88. The van der Waals surface area contributed by atoms with E-state index in [-0.39, 0.29) is 11.3 Å². The molecule has 164 valence electrons. The lowest BCUT2D eigenvalue weighted by atomic mass is 10.2. The summed E-state index contributed by atoms with van der Waals surface area (Å²) in [5.74, 6) is -1.56. The van der Waals surface area contributed by atoms with Crippen molar-refractivity contribution in [1.82, 2.24) is 10.6 Å². The predicted molar refractivity (Wildman–Crippen MR) is 117 cm³/mol. The smallest absolute Gasteiger partial charge is 0.338 e. The molecule has 0 unspecified atom stereocenters. The highest BCUT2D eigenvalue weighted by Crippen LogP contribution is 2.13. The molecule has 0 saturated carbocycles. The van der Waals surface area contributed by atoms with Crippen LogP contribution in [-0.2, 0) is 19.6 Å². The number of nitrogens with one attached hydrogen (secondary N) is 3. The van der Waals surface area contributed by atoms with Crippen LogP contribution in [0.2, 0.25) is 0 Å². The molecule has 3 N–H and O–H groups in total. The van der Waals surface area contributed by atoms with Crippen LogP contribution < -0.4 is 15.4 Å². The van der Waals surface area contributed by atoms with Gasteiger partial charge in [-0.15, -0.1) is 0 Å². The van der Waals surface area contributed by atoms with Gasteiger partial charge in [-0.25, -0.2) is 18.0 Å². The lowest BCUT2D eigenvalue weighted by Crippen LogP contribution is -2.41. The largest absolute Gasteiger partial charge is 0.452 e. The summed E-state index contributed by atoms with van der Waals surface area (Å²) in [7, 11) is -3.74. The van der Waals surface area contributed by atoms with Crippen LogP contribution in [0.5, 0.6) is 0 Å². The summed E-state index contributed by atoms with van der Waals surface area (Å²) >= 11 is 0. The number of amides is 3. The highest BCUT2D eigenvalue weighted by molar-refractivity contribution is 7.95. The summed E-state index contributed by atoms with van der Waals surface area (Å²) in [6.45, 7) is 1.65. The number of urea groups is 1. The van der Waals surface area contributed by atoms with E-state index in [0.29, 0.717) is 13.0 Å². The van der Waals surface area contributed by atoms with Crippen LogP contribution in [0.1, 0.15) is 29.3 Å². The van der Waals surface area contributed by atoms with Gasteiger partial charge in [-0.2, -0.15) is 0 Å². The first-order valence-electron chi connectivity index (χ1n) is 9.40. The van der Waals surface area contributed by atoms with Crippen molar-refractivity contribution in [3.05, 3.63) is 71.1 Å². The van der Waals surface area contributed by atoms with E-state index in [1.165, 1.54) is 30.3 Å². The average molecular weight is 445 g/mol. The van der Waals surface area contributed by atoms with Gasteiger partial charge < -0.3 is 10.1 Å². The number of carbonyl (C=O) groups excluding carboxylic acids is 3. The quantitative estimate of drug-likeness (QED) is 0.508. The first-order chi connectivity index (χ1) is 14.8. The molecule has 0 spiro atoms. The highest BCUT2D eigenvalue weighted by atomic mass is 32.2. The Hall–Kier alpha value is -3.66. The number of benzene rings is 2. The number of carbonyl (C=O) groups is 3. The van der Waals surface area contributed by atoms with Gasteiger partial charge in [0.1, 0.15) is 0 Å². The molecule has 2 aromatic carbocycles. The summed E-state index contributed by atoms with van der Waals surface area (Å²) in [5.41, 5.74) is 1.10. The van der Waals surface area contributed by atoms with E-state index in [0.717, 1.165) is 11.0 Å². The third-order valence-electron chi connectivity index (χ3n) is 3.74. The number of anilines is 1. The molecule has 0 aliphatic rings. The highest BCUT2D eigenvalue weighted by Gasteiger charge is 2.13. The Labute approximate surface area is 180 Å². The number of ether oxygens (including phenoxy) is 1. The number of hydrogen-bond donors (Lipinski definition) is 3. The van der Waals surface area contributed by atoms with Crippen molar-refractivity contribution >= 4 is 39.7 Å². The second-order valence-electron chi connectivity index (χ2n) is 6.32. The Morgan fingerprint density at radius 3 is 2.32 bits per heavy atom. The zero-order chi connectivity index (χ0) is 22.7. The van der Waals surface area contributed by atoms with Gasteiger partial charge in [0, 0.05) is 12.2 Å². The molecule has 0 heterocycles. The maximum Gasteiger partial charge on any atom is 0.338 e. The van der Waals surface area contributed by atoms with Crippen LogP contribution in [0, 0.1) is 0 Å². The average Bonchev–Trinajstić information content (AvgIpc) is 2.75. The number of sulfonamides is 1. The molecular weight excluding hydrogens is 422 g/mol. The molecule has 0 radical (unpaired) electrons. The van der Waals surface area contributed by atoms with E-state index in [4.69, 9.17) is 4.74 Å². The van der Waals surface area contributed by atoms with Crippen molar-refractivity contribution in [2.75, 3.05) is 17.9 Å². The third-order valence-corrected chi connectivity index (χ3v) is 4.76. The van der Waals surface area contributed by atoms with Crippen LogP contribution >= 0.6 is 0 Å². The SMILES string of the molecule is CCCNC(=O)NC(=O)COC(=O)c1ccc(NS(=O)(=O)/C=C/c2ccccc2)cc1. The lowest BCUT2D eigenvalue weighted by molar-refractivity contribution is -0.123. The summed E-state index contributed by atoms with van der Waals surface area (Å²) in [6, 6.07) is 13.8. The molecule has 0 aromatic heterocycles. The van der Waals surface area contributed by atoms with Gasteiger partial charge >= 0.3 is 12.0 Å². The van der Waals surface area contributed by atoms with E-state index in [1.54, 1.807) is 24.3 Å². The molecule has 0 atom stereocenters. The minimum Gasteiger partial charge on any atom is -0.452 e. The molecule has 2 aromatic rings. The Kier molecular flexibility index (Phi) is 8.77. The van der Waals surface area contributed by atoms with E-state index in [2.05, 4.69) is 10.0 Å². The molecule has 0 aliphatic heterocycles. The molecular formula is C21H23N3O6S. The molecule has 9 nitrogen and oxygen atoms in total. The van der Waals surface area contributed by atoms with Crippen molar-refractivity contribution in [2.24, 2.45) is 0 Å². The molecule has 0 saturated heterocycles. The fraction of sp³-hybridized carbons (Fsp3) is 0.190. The lowest BCUT2D eigenvalue weighted by Gasteiger charge is -2.08. The number of esters is 1. The van der Waals surface area contributed by atoms with E-state index in [9.17, 15) is 22.8 Å². The maximum atomic E-state index is 12.2. The third kappa shape index (κ3) is 8.70. The summed E-state index contributed by atoms with van der Waals surface area (Å²) < 4.78 is 31.5. The van der Waals surface area contributed by atoms with Gasteiger partial charge in [-0.1, -0.05) is 37.3 Å². The van der Waals surface area contributed by atoms with Crippen molar-refractivity contribution in [3.8, 4) is 0 Å². The van der Waals surface area contributed by atoms with Gasteiger partial charge in [0.05, 0.1) is 11.0 Å². The summed E-state index contributed by atoms with van der Waals surface area (Å²) in [4.78, 5) is 35.0. The van der Waals surface area contributed by atoms with E-state index < -0.39 is 34.5 Å². The monoisotopic (exact) mass is 445 g/mol. The van der Waals surface area contributed by atoms with Gasteiger partial charge in [-0.3, -0.25) is 14.8 Å². The fourth-order valence-corrected chi connectivity index (χ4v) is 3.13. The Balaban J connectivity index is 1.86. The summed E-state index contributed by atoms with van der Waals surface area (Å²) in [6.07, 6.45) is 2.17. The van der Waals surface area contributed by atoms with Crippen molar-refractivity contribution in [2.45, 2.75) is 13.3 Å². The first kappa shape index (κ1) is 23.6. The zero-order valence-corrected chi connectivity index (χ0v) is 17.6. The fourth-order valence-electron chi connectivity index (χ4n) is 2.26. The molecule has 0 aliphatic carbocycles. The van der Waals surface area contributed by atoms with Crippen LogP contribution in [0.25, 0.3) is 6.08 Å². The van der Waals surface area contributed by atoms with Gasteiger partial charge in [-0.05, 0) is 42.3 Å². The Morgan fingerprint density at radius 1 is 1.00 bits per heavy atom. The standard InChI is InChI=1S/C21H23N3O6S/c1-2-13-22-21(27)23-19(25)15-30-20(26)17-8-10-18(11-9-17)24-31(28,29)14-12-16-6-4-3-5-7-16/h3-12,14,24H,2,13,15H2,1H3,(H2,22,23,25,27)/b14-12+.